The molecule has 0 aliphatic carbocycles. The van der Waals surface area contributed by atoms with E-state index in [9.17, 15) is 5.11 Å². The fourth-order valence-electron chi connectivity index (χ4n) is 1.51. The second-order valence-corrected chi connectivity index (χ2v) is 4.62. The molecule has 0 fully saturated rings. The van der Waals surface area contributed by atoms with Crippen molar-refractivity contribution in [2.45, 2.75) is 13.0 Å². The van der Waals surface area contributed by atoms with Gasteiger partial charge < -0.3 is 15.3 Å². The molecule has 1 atom stereocenters. The number of likely N-dealkylation sites (N-methyl/N-ethyl adjacent to an activating group) is 1. The third-order valence-corrected chi connectivity index (χ3v) is 2.78. The van der Waals surface area contributed by atoms with Gasteiger partial charge in [0, 0.05) is 23.8 Å². The Morgan fingerprint density at radius 1 is 1.44 bits per heavy atom. The Bertz CT molecular complexity index is 342. The van der Waals surface area contributed by atoms with Crippen LogP contribution in [0, 0.1) is 6.92 Å². The Balaban J connectivity index is 2.51. The van der Waals surface area contributed by atoms with Gasteiger partial charge in [-0.15, -0.1) is 0 Å². The van der Waals surface area contributed by atoms with Crippen molar-refractivity contribution >= 4 is 17.3 Å². The highest BCUT2D eigenvalue weighted by molar-refractivity contribution is 6.31. The fraction of sp³-hybridized carbons (Fsp3) is 0.500. The molecule has 0 heterocycles. The summed E-state index contributed by atoms with van der Waals surface area (Å²) in [6.07, 6.45) is -0.381. The number of hydrogen-bond donors (Lipinski definition) is 2. The van der Waals surface area contributed by atoms with Crippen LogP contribution in [0.25, 0.3) is 0 Å². The molecule has 16 heavy (non-hydrogen) atoms. The predicted octanol–water partition coefficient (Wildman–Crippen LogP) is 1.98. The number of benzene rings is 1. The normalized spacial score (nSPS) is 12.9. The molecule has 0 amide bonds. The molecule has 0 aliphatic rings. The number of aliphatic hydroxyl groups is 1. The van der Waals surface area contributed by atoms with E-state index in [1.165, 1.54) is 0 Å². The zero-order chi connectivity index (χ0) is 12.1. The minimum absolute atomic E-state index is 0.381. The molecule has 4 heteroatoms. The standard InChI is InChI=1S/C12H19ClN2O/c1-9-11(13)5-4-6-12(9)14-7-10(16)8-15(2)3/h4-6,10,14,16H,7-8H2,1-3H3. The molecule has 1 aromatic carbocycles. The van der Waals surface area contributed by atoms with E-state index in [1.807, 2.05) is 44.1 Å². The number of hydrogen-bond acceptors (Lipinski definition) is 3. The summed E-state index contributed by atoms with van der Waals surface area (Å²) >= 11 is 6.00. The highest BCUT2D eigenvalue weighted by Crippen LogP contribution is 2.22. The summed E-state index contributed by atoms with van der Waals surface area (Å²) in [6.45, 7) is 3.13. The van der Waals surface area contributed by atoms with E-state index >= 15 is 0 Å². The number of rotatable bonds is 5. The third kappa shape index (κ3) is 4.00. The molecule has 1 rings (SSSR count). The Hall–Kier alpha value is -0.770. The first-order valence-corrected chi connectivity index (χ1v) is 5.70. The summed E-state index contributed by atoms with van der Waals surface area (Å²) < 4.78 is 0. The minimum atomic E-state index is -0.381. The van der Waals surface area contributed by atoms with Crippen molar-refractivity contribution < 1.29 is 5.11 Å². The Kier molecular flexibility index (Phi) is 5.06. The lowest BCUT2D eigenvalue weighted by atomic mass is 10.2. The third-order valence-electron chi connectivity index (χ3n) is 2.37. The number of anilines is 1. The van der Waals surface area contributed by atoms with Crippen molar-refractivity contribution in [1.82, 2.24) is 4.90 Å². The van der Waals surface area contributed by atoms with Gasteiger partial charge in [-0.25, -0.2) is 0 Å². The highest BCUT2D eigenvalue weighted by atomic mass is 35.5. The number of nitrogens with zero attached hydrogens (tertiary/aromatic N) is 1. The maximum absolute atomic E-state index is 9.70. The van der Waals surface area contributed by atoms with Gasteiger partial charge in [0.2, 0.25) is 0 Å². The van der Waals surface area contributed by atoms with Gasteiger partial charge in [-0.05, 0) is 38.7 Å². The van der Waals surface area contributed by atoms with Crippen molar-refractivity contribution in [2.24, 2.45) is 0 Å². The van der Waals surface area contributed by atoms with Crippen LogP contribution in [-0.4, -0.2) is 43.3 Å². The lowest BCUT2D eigenvalue weighted by molar-refractivity contribution is 0.148. The van der Waals surface area contributed by atoms with Gasteiger partial charge in [0.05, 0.1) is 6.10 Å². The average Bonchev–Trinajstić information content (AvgIpc) is 2.19. The van der Waals surface area contributed by atoms with Crippen molar-refractivity contribution in [3.63, 3.8) is 0 Å². The number of aliphatic hydroxyl groups excluding tert-OH is 1. The topological polar surface area (TPSA) is 35.5 Å². The van der Waals surface area contributed by atoms with E-state index in [1.54, 1.807) is 0 Å². The van der Waals surface area contributed by atoms with Crippen LogP contribution in [0.2, 0.25) is 5.02 Å². The molecule has 1 aromatic rings. The lowest BCUT2D eigenvalue weighted by Crippen LogP contribution is -2.31. The first-order valence-electron chi connectivity index (χ1n) is 5.32. The van der Waals surface area contributed by atoms with Gasteiger partial charge >= 0.3 is 0 Å². The second-order valence-electron chi connectivity index (χ2n) is 4.21. The van der Waals surface area contributed by atoms with Gasteiger partial charge in [0.25, 0.3) is 0 Å². The molecule has 0 radical (unpaired) electrons. The molecule has 0 aromatic heterocycles. The zero-order valence-corrected chi connectivity index (χ0v) is 10.8. The van der Waals surface area contributed by atoms with E-state index in [0.29, 0.717) is 13.1 Å². The van der Waals surface area contributed by atoms with Gasteiger partial charge in [-0.3, -0.25) is 0 Å². The van der Waals surface area contributed by atoms with Gasteiger partial charge in [0.15, 0.2) is 0 Å². The highest BCUT2D eigenvalue weighted by Gasteiger charge is 2.07. The van der Waals surface area contributed by atoms with E-state index in [2.05, 4.69) is 5.32 Å². The van der Waals surface area contributed by atoms with Crippen LogP contribution < -0.4 is 5.32 Å². The van der Waals surface area contributed by atoms with Gasteiger partial charge in [0.1, 0.15) is 0 Å². The van der Waals surface area contributed by atoms with Crippen molar-refractivity contribution in [2.75, 3.05) is 32.5 Å². The largest absolute Gasteiger partial charge is 0.390 e. The van der Waals surface area contributed by atoms with E-state index < -0.39 is 0 Å². The van der Waals surface area contributed by atoms with E-state index in [0.717, 1.165) is 16.3 Å². The molecule has 0 saturated heterocycles. The number of nitrogens with one attached hydrogen (secondary N) is 1. The molecule has 0 bridgehead atoms. The SMILES string of the molecule is Cc1c(Cl)cccc1NCC(O)CN(C)C. The second kappa shape index (κ2) is 6.09. The van der Waals surface area contributed by atoms with Crippen LogP contribution in [0.15, 0.2) is 18.2 Å². The first kappa shape index (κ1) is 13.3. The van der Waals surface area contributed by atoms with Gasteiger partial charge in [-0.1, -0.05) is 17.7 Å². The molecular weight excluding hydrogens is 224 g/mol. The number of halogens is 1. The summed E-state index contributed by atoms with van der Waals surface area (Å²) in [7, 11) is 3.88. The summed E-state index contributed by atoms with van der Waals surface area (Å²) in [5.41, 5.74) is 1.99. The molecule has 90 valence electrons. The lowest BCUT2D eigenvalue weighted by Gasteiger charge is -2.18. The molecule has 1 unspecified atom stereocenters. The first-order chi connectivity index (χ1) is 7.50. The Labute approximate surface area is 102 Å². The maximum Gasteiger partial charge on any atom is 0.0838 e. The minimum Gasteiger partial charge on any atom is -0.390 e. The fourth-order valence-corrected chi connectivity index (χ4v) is 1.69. The summed E-state index contributed by atoms with van der Waals surface area (Å²) in [6, 6.07) is 5.72. The van der Waals surface area contributed by atoms with Crippen molar-refractivity contribution in [1.29, 1.82) is 0 Å². The summed E-state index contributed by atoms with van der Waals surface area (Å²) in [5, 5.41) is 13.6. The van der Waals surface area contributed by atoms with Crippen molar-refractivity contribution in [3.05, 3.63) is 28.8 Å². The summed E-state index contributed by atoms with van der Waals surface area (Å²) in [5.74, 6) is 0. The molecule has 3 nitrogen and oxygen atoms in total. The van der Waals surface area contributed by atoms with Crippen LogP contribution in [0.3, 0.4) is 0 Å². The summed E-state index contributed by atoms with van der Waals surface area (Å²) in [4.78, 5) is 1.96. The monoisotopic (exact) mass is 242 g/mol. The molecule has 0 spiro atoms. The predicted molar refractivity (Wildman–Crippen MR) is 69.2 cm³/mol. The van der Waals surface area contributed by atoms with Crippen molar-refractivity contribution in [3.8, 4) is 0 Å². The van der Waals surface area contributed by atoms with Crippen LogP contribution in [0.4, 0.5) is 5.69 Å². The smallest absolute Gasteiger partial charge is 0.0838 e. The molecule has 0 saturated carbocycles. The Morgan fingerprint density at radius 2 is 2.12 bits per heavy atom. The molecule has 2 N–H and O–H groups in total. The van der Waals surface area contributed by atoms with Gasteiger partial charge in [-0.2, -0.15) is 0 Å². The van der Waals surface area contributed by atoms with Crippen LogP contribution >= 0.6 is 11.6 Å². The zero-order valence-electron chi connectivity index (χ0n) is 10.00. The van der Waals surface area contributed by atoms with E-state index in [-0.39, 0.29) is 6.10 Å². The quantitative estimate of drug-likeness (QED) is 0.829. The average molecular weight is 243 g/mol. The van der Waals surface area contributed by atoms with E-state index in [4.69, 9.17) is 11.6 Å². The van der Waals surface area contributed by atoms with Crippen LogP contribution in [0.1, 0.15) is 5.56 Å². The Morgan fingerprint density at radius 3 is 2.75 bits per heavy atom. The van der Waals surface area contributed by atoms with Crippen LogP contribution in [0.5, 0.6) is 0 Å². The maximum atomic E-state index is 9.70. The molecular formula is C12H19ClN2O. The molecule has 0 aliphatic heterocycles. The van der Waals surface area contributed by atoms with Crippen LogP contribution in [-0.2, 0) is 0 Å².